The average molecular weight is 405 g/mol. The zero-order chi connectivity index (χ0) is 21.8. The van der Waals surface area contributed by atoms with E-state index in [2.05, 4.69) is 0 Å². The highest BCUT2D eigenvalue weighted by atomic mass is 16.6. The van der Waals surface area contributed by atoms with Crippen molar-refractivity contribution < 1.29 is 24.2 Å². The molecule has 1 aromatic carbocycles. The predicted octanol–water partition coefficient (Wildman–Crippen LogP) is 3.18. The minimum Gasteiger partial charge on any atom is -0.480 e. The Bertz CT molecular complexity index is 726. The summed E-state index contributed by atoms with van der Waals surface area (Å²) in [6, 6.07) is 7.71. The van der Waals surface area contributed by atoms with Crippen LogP contribution in [-0.4, -0.2) is 63.7 Å². The first-order chi connectivity index (χ1) is 13.5. The average Bonchev–Trinajstić information content (AvgIpc) is 2.60. The number of carboxylic acid groups (broad SMARTS) is 1. The summed E-state index contributed by atoms with van der Waals surface area (Å²) in [6.45, 7) is 9.60. The number of amides is 2. The Morgan fingerprint density at radius 2 is 1.79 bits per heavy atom. The van der Waals surface area contributed by atoms with Crippen molar-refractivity contribution in [2.75, 3.05) is 13.1 Å². The van der Waals surface area contributed by atoms with Crippen LogP contribution in [0.1, 0.15) is 46.6 Å². The molecule has 2 atom stereocenters. The summed E-state index contributed by atoms with van der Waals surface area (Å²) in [5, 5.41) is 9.70. The Balaban J connectivity index is 2.32. The molecule has 160 valence electrons. The van der Waals surface area contributed by atoms with Crippen LogP contribution in [0.15, 0.2) is 30.3 Å². The molecule has 0 radical (unpaired) electrons. The van der Waals surface area contributed by atoms with Crippen LogP contribution < -0.4 is 0 Å². The van der Waals surface area contributed by atoms with Crippen LogP contribution in [0.2, 0.25) is 0 Å². The molecule has 0 aromatic heterocycles. The van der Waals surface area contributed by atoms with Crippen LogP contribution in [0, 0.1) is 5.92 Å². The standard InChI is InChI=1S/C22H32N2O5/c1-15(2)13-18(20(26)27)23-11-12-24(21(28)29-22(3,4)5)17(19(23)25)14-16-9-7-6-8-10-16/h6-10,15,17-18H,11-14H2,1-5H3,(H,26,27)/t17-,18-/m0/s1. The fraction of sp³-hybridized carbons (Fsp3) is 0.591. The van der Waals surface area contributed by atoms with Crippen LogP contribution in [0.25, 0.3) is 0 Å². The molecule has 1 aromatic rings. The van der Waals surface area contributed by atoms with Crippen LogP contribution >= 0.6 is 0 Å². The van der Waals surface area contributed by atoms with Crippen LogP contribution in [-0.2, 0) is 20.7 Å². The first kappa shape index (κ1) is 22.7. The Hall–Kier alpha value is -2.57. The van der Waals surface area contributed by atoms with E-state index in [0.717, 1.165) is 5.56 Å². The molecule has 2 amide bonds. The van der Waals surface area contributed by atoms with Crippen molar-refractivity contribution in [3.63, 3.8) is 0 Å². The first-order valence-electron chi connectivity index (χ1n) is 10.1. The Kier molecular flexibility index (Phi) is 7.27. The van der Waals surface area contributed by atoms with Crippen LogP contribution in [0.5, 0.6) is 0 Å². The number of carbonyl (C=O) groups excluding carboxylic acids is 2. The highest BCUT2D eigenvalue weighted by Gasteiger charge is 2.43. The third kappa shape index (κ3) is 6.21. The lowest BCUT2D eigenvalue weighted by Crippen LogP contribution is -2.63. The normalized spacial score (nSPS) is 18.7. The highest BCUT2D eigenvalue weighted by molar-refractivity contribution is 5.90. The molecule has 0 bridgehead atoms. The number of carboxylic acids is 1. The summed E-state index contributed by atoms with van der Waals surface area (Å²) < 4.78 is 5.50. The van der Waals surface area contributed by atoms with Gasteiger partial charge in [0, 0.05) is 19.5 Å². The van der Waals surface area contributed by atoms with E-state index >= 15 is 0 Å². The lowest BCUT2D eigenvalue weighted by molar-refractivity contribution is -0.156. The number of hydrogen-bond donors (Lipinski definition) is 1. The molecular weight excluding hydrogens is 372 g/mol. The Morgan fingerprint density at radius 1 is 1.17 bits per heavy atom. The number of aliphatic carboxylic acids is 1. The molecular formula is C22H32N2O5. The van der Waals surface area contributed by atoms with E-state index in [-0.39, 0.29) is 24.9 Å². The molecule has 7 nitrogen and oxygen atoms in total. The summed E-state index contributed by atoms with van der Waals surface area (Å²) in [6.07, 6.45) is 0.122. The molecule has 1 heterocycles. The molecule has 1 aliphatic heterocycles. The van der Waals surface area contributed by atoms with E-state index in [1.165, 1.54) is 9.80 Å². The van der Waals surface area contributed by atoms with Gasteiger partial charge in [-0.3, -0.25) is 9.69 Å². The fourth-order valence-electron chi connectivity index (χ4n) is 3.50. The number of benzene rings is 1. The van der Waals surface area contributed by atoms with E-state index in [9.17, 15) is 19.5 Å². The van der Waals surface area contributed by atoms with Gasteiger partial charge >= 0.3 is 12.1 Å². The van der Waals surface area contributed by atoms with Crippen LogP contribution in [0.4, 0.5) is 4.79 Å². The van der Waals surface area contributed by atoms with Gasteiger partial charge in [-0.2, -0.15) is 0 Å². The summed E-state index contributed by atoms with van der Waals surface area (Å²) in [7, 11) is 0. The van der Waals surface area contributed by atoms with Gasteiger partial charge in [-0.15, -0.1) is 0 Å². The maximum absolute atomic E-state index is 13.4. The third-order valence-corrected chi connectivity index (χ3v) is 4.78. The van der Waals surface area contributed by atoms with E-state index in [0.29, 0.717) is 12.8 Å². The zero-order valence-corrected chi connectivity index (χ0v) is 17.9. The second-order valence-electron chi connectivity index (χ2n) is 8.89. The SMILES string of the molecule is CC(C)C[C@@H](C(=O)O)N1CCN(C(=O)OC(C)(C)C)[C@@H](Cc2ccccc2)C1=O. The Morgan fingerprint density at radius 3 is 2.31 bits per heavy atom. The van der Waals surface area contributed by atoms with Crippen LogP contribution in [0.3, 0.4) is 0 Å². The monoisotopic (exact) mass is 404 g/mol. The maximum Gasteiger partial charge on any atom is 0.411 e. The molecule has 1 aliphatic rings. The van der Waals surface area contributed by atoms with E-state index < -0.39 is 29.7 Å². The molecule has 0 unspecified atom stereocenters. The van der Waals surface area contributed by atoms with Gasteiger partial charge in [0.2, 0.25) is 5.91 Å². The molecule has 1 fully saturated rings. The minimum absolute atomic E-state index is 0.125. The first-order valence-corrected chi connectivity index (χ1v) is 10.1. The molecule has 1 N–H and O–H groups in total. The van der Waals surface area contributed by atoms with E-state index in [1.54, 1.807) is 20.8 Å². The van der Waals surface area contributed by atoms with E-state index in [4.69, 9.17) is 4.74 Å². The van der Waals surface area contributed by atoms with Crippen molar-refractivity contribution in [2.45, 2.75) is 65.1 Å². The number of piperazine rings is 1. The molecule has 1 saturated heterocycles. The summed E-state index contributed by atoms with van der Waals surface area (Å²) >= 11 is 0. The fourth-order valence-corrected chi connectivity index (χ4v) is 3.50. The number of carbonyl (C=O) groups is 3. The maximum atomic E-state index is 13.4. The van der Waals surface area contributed by atoms with Crippen molar-refractivity contribution in [3.8, 4) is 0 Å². The van der Waals surface area contributed by atoms with Crippen molar-refractivity contribution in [1.82, 2.24) is 9.80 Å². The topological polar surface area (TPSA) is 87.2 Å². The van der Waals surface area contributed by atoms with Gasteiger partial charge in [0.15, 0.2) is 0 Å². The molecule has 2 rings (SSSR count). The molecule has 0 saturated carbocycles. The minimum atomic E-state index is -1.02. The number of nitrogens with zero attached hydrogens (tertiary/aromatic N) is 2. The molecule has 29 heavy (non-hydrogen) atoms. The van der Waals surface area contributed by atoms with Gasteiger partial charge in [0.05, 0.1) is 0 Å². The quantitative estimate of drug-likeness (QED) is 0.787. The number of ether oxygens (including phenoxy) is 1. The van der Waals surface area contributed by atoms with Gasteiger partial charge in [-0.25, -0.2) is 9.59 Å². The van der Waals surface area contributed by atoms with Crippen molar-refractivity contribution in [1.29, 1.82) is 0 Å². The van der Waals surface area contributed by atoms with Crippen molar-refractivity contribution in [2.24, 2.45) is 5.92 Å². The lowest BCUT2D eigenvalue weighted by atomic mass is 9.97. The lowest BCUT2D eigenvalue weighted by Gasteiger charge is -2.43. The summed E-state index contributed by atoms with van der Waals surface area (Å²) in [5.41, 5.74) is 0.215. The van der Waals surface area contributed by atoms with Gasteiger partial charge in [0.25, 0.3) is 0 Å². The second kappa shape index (κ2) is 9.29. The smallest absolute Gasteiger partial charge is 0.411 e. The van der Waals surface area contributed by atoms with Gasteiger partial charge in [-0.1, -0.05) is 44.2 Å². The number of rotatable bonds is 6. The number of hydrogen-bond acceptors (Lipinski definition) is 4. The zero-order valence-electron chi connectivity index (χ0n) is 17.9. The van der Waals surface area contributed by atoms with E-state index in [1.807, 2.05) is 44.2 Å². The van der Waals surface area contributed by atoms with Gasteiger partial charge in [-0.05, 0) is 38.7 Å². The summed E-state index contributed by atoms with van der Waals surface area (Å²) in [4.78, 5) is 40.8. The van der Waals surface area contributed by atoms with Gasteiger partial charge < -0.3 is 14.7 Å². The predicted molar refractivity (Wildman–Crippen MR) is 109 cm³/mol. The third-order valence-electron chi connectivity index (χ3n) is 4.78. The summed E-state index contributed by atoms with van der Waals surface area (Å²) in [5.74, 6) is -1.24. The second-order valence-corrected chi connectivity index (χ2v) is 8.89. The Labute approximate surface area is 172 Å². The molecule has 0 spiro atoms. The molecule has 7 heteroatoms. The van der Waals surface area contributed by atoms with Crippen molar-refractivity contribution >= 4 is 18.0 Å². The van der Waals surface area contributed by atoms with Gasteiger partial charge in [0.1, 0.15) is 17.7 Å². The largest absolute Gasteiger partial charge is 0.480 e. The molecule has 0 aliphatic carbocycles. The highest BCUT2D eigenvalue weighted by Crippen LogP contribution is 2.23. The van der Waals surface area contributed by atoms with Crippen molar-refractivity contribution in [3.05, 3.63) is 35.9 Å².